The van der Waals surface area contributed by atoms with Gasteiger partial charge in [0.2, 0.25) is 0 Å². The number of hydrogen-bond donors (Lipinski definition) is 0. The Balaban J connectivity index is 2.30. The van der Waals surface area contributed by atoms with Crippen LogP contribution in [0.15, 0.2) is 18.2 Å². The Bertz CT molecular complexity index is 543. The quantitative estimate of drug-likeness (QED) is 0.590. The molecule has 1 aromatic carbocycles. The van der Waals surface area contributed by atoms with Crippen LogP contribution in [0.2, 0.25) is 0 Å². The van der Waals surface area contributed by atoms with Gasteiger partial charge in [0.05, 0.1) is 22.0 Å². The molecule has 0 spiro atoms. The van der Waals surface area contributed by atoms with Crippen LogP contribution in [0.25, 0.3) is 0 Å². The normalized spacial score (nSPS) is 17.7. The zero-order valence-electron chi connectivity index (χ0n) is 11.7. The molecule has 0 aliphatic carbocycles. The SMILES string of the molecule is CCN(CC1CCCO1)c1ccc([N+](=O)[O-])cc1[N+](=O)[O-]. The summed E-state index contributed by atoms with van der Waals surface area (Å²) in [5.74, 6) is 0. The molecular weight excluding hydrogens is 278 g/mol. The van der Waals surface area contributed by atoms with Crippen LogP contribution in [-0.2, 0) is 4.74 Å². The molecule has 1 fully saturated rings. The summed E-state index contributed by atoms with van der Waals surface area (Å²) in [6.45, 7) is 3.72. The molecule has 1 atom stereocenters. The molecular formula is C13H17N3O5. The molecule has 0 saturated carbocycles. The van der Waals surface area contributed by atoms with Gasteiger partial charge in [0, 0.05) is 25.8 Å². The van der Waals surface area contributed by atoms with Crippen molar-refractivity contribution in [2.45, 2.75) is 25.9 Å². The van der Waals surface area contributed by atoms with Gasteiger partial charge in [0.25, 0.3) is 11.4 Å². The number of likely N-dealkylation sites (N-methyl/N-ethyl adjacent to an activating group) is 1. The number of ether oxygens (including phenoxy) is 1. The molecule has 0 bridgehead atoms. The molecule has 114 valence electrons. The van der Waals surface area contributed by atoms with Gasteiger partial charge in [-0.15, -0.1) is 0 Å². The van der Waals surface area contributed by atoms with Gasteiger partial charge in [0.15, 0.2) is 0 Å². The monoisotopic (exact) mass is 295 g/mol. The standard InChI is InChI=1S/C13H17N3O5/c1-2-14(9-11-4-3-7-21-11)12-6-5-10(15(17)18)8-13(12)16(19)20/h5-6,8,11H,2-4,7,9H2,1H3. The number of nitro groups is 2. The summed E-state index contributed by atoms with van der Waals surface area (Å²) in [5, 5.41) is 21.9. The summed E-state index contributed by atoms with van der Waals surface area (Å²) in [6, 6.07) is 3.74. The van der Waals surface area contributed by atoms with E-state index in [4.69, 9.17) is 4.74 Å². The molecule has 1 aliphatic rings. The van der Waals surface area contributed by atoms with Crippen LogP contribution < -0.4 is 4.90 Å². The van der Waals surface area contributed by atoms with Gasteiger partial charge in [0.1, 0.15) is 5.69 Å². The zero-order valence-corrected chi connectivity index (χ0v) is 11.7. The van der Waals surface area contributed by atoms with Crippen LogP contribution in [0.1, 0.15) is 19.8 Å². The van der Waals surface area contributed by atoms with Crippen LogP contribution in [0.3, 0.4) is 0 Å². The molecule has 8 nitrogen and oxygen atoms in total. The molecule has 1 aliphatic heterocycles. The van der Waals surface area contributed by atoms with Crippen LogP contribution >= 0.6 is 0 Å². The number of hydrogen-bond acceptors (Lipinski definition) is 6. The third-order valence-electron chi connectivity index (χ3n) is 3.54. The van der Waals surface area contributed by atoms with E-state index in [1.807, 2.05) is 11.8 Å². The van der Waals surface area contributed by atoms with Crippen LogP contribution in [0, 0.1) is 20.2 Å². The average Bonchev–Trinajstić information content (AvgIpc) is 2.97. The lowest BCUT2D eigenvalue weighted by molar-refractivity contribution is -0.393. The van der Waals surface area contributed by atoms with Gasteiger partial charge < -0.3 is 9.64 Å². The summed E-state index contributed by atoms with van der Waals surface area (Å²) in [6.07, 6.45) is 1.97. The predicted molar refractivity (Wildman–Crippen MR) is 76.6 cm³/mol. The topological polar surface area (TPSA) is 98.8 Å². The highest BCUT2D eigenvalue weighted by Gasteiger charge is 2.25. The van der Waals surface area contributed by atoms with Crippen LogP contribution in [0.5, 0.6) is 0 Å². The fourth-order valence-electron chi connectivity index (χ4n) is 2.47. The van der Waals surface area contributed by atoms with E-state index in [-0.39, 0.29) is 17.5 Å². The summed E-state index contributed by atoms with van der Waals surface area (Å²) in [5.41, 5.74) is -0.133. The minimum atomic E-state index is -0.632. The Morgan fingerprint density at radius 3 is 2.62 bits per heavy atom. The van der Waals surface area contributed by atoms with Crippen molar-refractivity contribution in [1.29, 1.82) is 0 Å². The highest BCUT2D eigenvalue weighted by molar-refractivity contribution is 5.66. The molecule has 21 heavy (non-hydrogen) atoms. The first-order chi connectivity index (χ1) is 10.0. The van der Waals surface area contributed by atoms with E-state index >= 15 is 0 Å². The van der Waals surface area contributed by atoms with E-state index in [0.29, 0.717) is 25.4 Å². The molecule has 0 N–H and O–H groups in total. The Morgan fingerprint density at radius 2 is 2.10 bits per heavy atom. The molecule has 1 saturated heterocycles. The van der Waals surface area contributed by atoms with Gasteiger partial charge in [-0.2, -0.15) is 0 Å². The lowest BCUT2D eigenvalue weighted by Crippen LogP contribution is -2.32. The molecule has 0 amide bonds. The first-order valence-corrected chi connectivity index (χ1v) is 6.82. The van der Waals surface area contributed by atoms with Gasteiger partial charge in [-0.05, 0) is 25.8 Å². The maximum Gasteiger partial charge on any atom is 0.299 e. The lowest BCUT2D eigenvalue weighted by Gasteiger charge is -2.25. The molecule has 8 heteroatoms. The predicted octanol–water partition coefficient (Wildman–Crippen LogP) is 2.51. The molecule has 1 aromatic rings. The summed E-state index contributed by atoms with van der Waals surface area (Å²) in [7, 11) is 0. The Hall–Kier alpha value is -2.22. The van der Waals surface area contributed by atoms with Crippen molar-refractivity contribution in [2.75, 3.05) is 24.6 Å². The van der Waals surface area contributed by atoms with Crippen molar-refractivity contribution in [3.05, 3.63) is 38.4 Å². The minimum absolute atomic E-state index is 0.0553. The first-order valence-electron chi connectivity index (χ1n) is 6.82. The highest BCUT2D eigenvalue weighted by Crippen LogP contribution is 2.32. The number of anilines is 1. The number of nitrogens with zero attached hydrogens (tertiary/aromatic N) is 3. The summed E-state index contributed by atoms with van der Waals surface area (Å²) in [4.78, 5) is 22.6. The Morgan fingerprint density at radius 1 is 1.33 bits per heavy atom. The largest absolute Gasteiger partial charge is 0.376 e. The van der Waals surface area contributed by atoms with Crippen molar-refractivity contribution in [1.82, 2.24) is 0 Å². The number of rotatable bonds is 6. The van der Waals surface area contributed by atoms with Gasteiger partial charge in [-0.3, -0.25) is 20.2 Å². The van der Waals surface area contributed by atoms with E-state index in [9.17, 15) is 20.2 Å². The van der Waals surface area contributed by atoms with Crippen molar-refractivity contribution >= 4 is 17.1 Å². The summed E-state index contributed by atoms with van der Waals surface area (Å²) >= 11 is 0. The van der Waals surface area contributed by atoms with E-state index in [0.717, 1.165) is 18.9 Å². The number of benzene rings is 1. The maximum absolute atomic E-state index is 11.2. The molecule has 1 unspecified atom stereocenters. The smallest absolute Gasteiger partial charge is 0.299 e. The molecule has 1 heterocycles. The number of non-ortho nitro benzene ring substituents is 1. The first kappa shape index (κ1) is 15.2. The maximum atomic E-state index is 11.2. The summed E-state index contributed by atoms with van der Waals surface area (Å²) < 4.78 is 5.55. The molecule has 2 rings (SSSR count). The van der Waals surface area contributed by atoms with Crippen LogP contribution in [0.4, 0.5) is 17.1 Å². The second-order valence-corrected chi connectivity index (χ2v) is 4.86. The van der Waals surface area contributed by atoms with Crippen molar-refractivity contribution < 1.29 is 14.6 Å². The van der Waals surface area contributed by atoms with Crippen LogP contribution in [-0.4, -0.2) is 35.6 Å². The van der Waals surface area contributed by atoms with Gasteiger partial charge in [-0.25, -0.2) is 0 Å². The molecule has 0 radical (unpaired) electrons. The fraction of sp³-hybridized carbons (Fsp3) is 0.538. The third kappa shape index (κ3) is 3.46. The second kappa shape index (κ2) is 6.49. The van der Waals surface area contributed by atoms with Crippen molar-refractivity contribution in [3.8, 4) is 0 Å². The Labute approximate surface area is 121 Å². The van der Waals surface area contributed by atoms with E-state index in [1.165, 1.54) is 12.1 Å². The minimum Gasteiger partial charge on any atom is -0.376 e. The average molecular weight is 295 g/mol. The van der Waals surface area contributed by atoms with E-state index in [1.54, 1.807) is 0 Å². The van der Waals surface area contributed by atoms with Gasteiger partial charge >= 0.3 is 0 Å². The number of nitro benzene ring substituents is 2. The molecule has 0 aromatic heterocycles. The zero-order chi connectivity index (χ0) is 15.4. The van der Waals surface area contributed by atoms with Crippen molar-refractivity contribution in [3.63, 3.8) is 0 Å². The van der Waals surface area contributed by atoms with E-state index in [2.05, 4.69) is 0 Å². The second-order valence-electron chi connectivity index (χ2n) is 4.86. The third-order valence-corrected chi connectivity index (χ3v) is 3.54. The fourth-order valence-corrected chi connectivity index (χ4v) is 2.47. The Kier molecular flexibility index (Phi) is 4.69. The van der Waals surface area contributed by atoms with Gasteiger partial charge in [-0.1, -0.05) is 0 Å². The lowest BCUT2D eigenvalue weighted by atomic mass is 10.2. The van der Waals surface area contributed by atoms with Crippen molar-refractivity contribution in [2.24, 2.45) is 0 Å². The van der Waals surface area contributed by atoms with E-state index < -0.39 is 9.85 Å². The highest BCUT2D eigenvalue weighted by atomic mass is 16.6.